The Morgan fingerprint density at radius 3 is 2.83 bits per heavy atom. The Bertz CT molecular complexity index is 410. The summed E-state index contributed by atoms with van der Waals surface area (Å²) < 4.78 is 5.00. The van der Waals surface area contributed by atoms with Crippen LogP contribution >= 0.6 is 11.8 Å². The lowest BCUT2D eigenvalue weighted by Gasteiger charge is -2.19. The van der Waals surface area contributed by atoms with Crippen LogP contribution in [0.15, 0.2) is 12.2 Å². The van der Waals surface area contributed by atoms with Crippen molar-refractivity contribution in [1.29, 1.82) is 0 Å². The standard InChI is InChI=1S/C18H30O5S/c1-2-3-4-7-14(19)13-24-17-10-9-16(20)15(17)8-5-6-11-23-12-18(21)22/h9-10,14-15,17,19H,2-8,11-13H2,1H3,(H,21,22). The van der Waals surface area contributed by atoms with Crippen LogP contribution in [0.4, 0.5) is 0 Å². The number of hydrogen-bond donors (Lipinski definition) is 2. The average molecular weight is 359 g/mol. The van der Waals surface area contributed by atoms with Gasteiger partial charge in [0.15, 0.2) is 5.78 Å². The fourth-order valence-electron chi connectivity index (χ4n) is 2.75. The molecule has 3 atom stereocenters. The minimum absolute atomic E-state index is 0.0164. The third kappa shape index (κ3) is 8.85. The van der Waals surface area contributed by atoms with Crippen LogP contribution in [0.3, 0.4) is 0 Å². The van der Waals surface area contributed by atoms with Crippen molar-refractivity contribution in [2.75, 3.05) is 19.0 Å². The number of unbranched alkanes of at least 4 members (excludes halogenated alkanes) is 3. The van der Waals surface area contributed by atoms with Crippen molar-refractivity contribution in [1.82, 2.24) is 0 Å². The largest absolute Gasteiger partial charge is 0.480 e. The maximum Gasteiger partial charge on any atom is 0.329 e. The highest BCUT2D eigenvalue weighted by Crippen LogP contribution is 2.32. The Hall–Kier alpha value is -0.850. The van der Waals surface area contributed by atoms with Crippen molar-refractivity contribution in [2.24, 2.45) is 5.92 Å². The van der Waals surface area contributed by atoms with Crippen molar-refractivity contribution in [3.63, 3.8) is 0 Å². The normalized spacial score (nSPS) is 21.3. The molecular formula is C18H30O5S. The predicted molar refractivity (Wildman–Crippen MR) is 96.3 cm³/mol. The molecule has 0 heterocycles. The first kappa shape index (κ1) is 21.2. The molecule has 0 amide bonds. The third-order valence-electron chi connectivity index (χ3n) is 4.11. The van der Waals surface area contributed by atoms with Gasteiger partial charge in [0, 0.05) is 23.5 Å². The number of carbonyl (C=O) groups is 2. The topological polar surface area (TPSA) is 83.8 Å². The lowest BCUT2D eigenvalue weighted by atomic mass is 9.98. The number of ether oxygens (including phenoxy) is 1. The summed E-state index contributed by atoms with van der Waals surface area (Å²) in [6.07, 6.45) is 9.89. The number of carboxylic acid groups (broad SMARTS) is 1. The van der Waals surface area contributed by atoms with Gasteiger partial charge in [-0.25, -0.2) is 4.79 Å². The van der Waals surface area contributed by atoms with Crippen molar-refractivity contribution < 1.29 is 24.5 Å². The molecule has 0 aromatic carbocycles. The summed E-state index contributed by atoms with van der Waals surface area (Å²) in [5.41, 5.74) is 0. The van der Waals surface area contributed by atoms with Crippen LogP contribution in [-0.4, -0.2) is 52.3 Å². The third-order valence-corrected chi connectivity index (χ3v) is 5.56. The van der Waals surface area contributed by atoms with Crippen molar-refractivity contribution in [2.45, 2.75) is 63.2 Å². The van der Waals surface area contributed by atoms with E-state index in [2.05, 4.69) is 6.92 Å². The summed E-state index contributed by atoms with van der Waals surface area (Å²) in [5.74, 6) is -0.139. The van der Waals surface area contributed by atoms with E-state index in [1.165, 1.54) is 0 Å². The summed E-state index contributed by atoms with van der Waals surface area (Å²) in [4.78, 5) is 22.3. The number of aliphatic carboxylic acids is 1. The SMILES string of the molecule is CCCCCC(O)CSC1C=CC(=O)C1CCCCOCC(=O)O. The van der Waals surface area contributed by atoms with Gasteiger partial charge in [-0.3, -0.25) is 4.79 Å². The van der Waals surface area contributed by atoms with Gasteiger partial charge in [-0.15, -0.1) is 0 Å². The molecule has 1 aliphatic carbocycles. The Morgan fingerprint density at radius 2 is 2.12 bits per heavy atom. The van der Waals surface area contributed by atoms with Crippen LogP contribution in [0, 0.1) is 5.92 Å². The summed E-state index contributed by atoms with van der Waals surface area (Å²) >= 11 is 1.67. The van der Waals surface area contributed by atoms with Crippen molar-refractivity contribution in [3.8, 4) is 0 Å². The van der Waals surface area contributed by atoms with Gasteiger partial charge in [0.25, 0.3) is 0 Å². The van der Waals surface area contributed by atoms with E-state index in [0.29, 0.717) is 12.4 Å². The molecule has 0 radical (unpaired) electrons. The average Bonchev–Trinajstić information content (AvgIpc) is 2.89. The molecule has 0 saturated carbocycles. The molecule has 6 heteroatoms. The molecule has 24 heavy (non-hydrogen) atoms. The van der Waals surface area contributed by atoms with E-state index in [1.54, 1.807) is 17.8 Å². The van der Waals surface area contributed by atoms with Crippen LogP contribution in [-0.2, 0) is 14.3 Å². The zero-order valence-corrected chi connectivity index (χ0v) is 15.3. The van der Waals surface area contributed by atoms with Gasteiger partial charge in [-0.05, 0) is 25.3 Å². The monoisotopic (exact) mass is 358 g/mol. The lowest BCUT2D eigenvalue weighted by Crippen LogP contribution is -2.21. The molecule has 0 fully saturated rings. The quantitative estimate of drug-likeness (QED) is 0.464. The fourth-order valence-corrected chi connectivity index (χ4v) is 4.05. The van der Waals surface area contributed by atoms with Gasteiger partial charge in [0.2, 0.25) is 0 Å². The van der Waals surface area contributed by atoms with E-state index in [-0.39, 0.29) is 29.7 Å². The number of rotatable bonds is 14. The molecule has 0 spiro atoms. The van der Waals surface area contributed by atoms with Gasteiger partial charge in [0.1, 0.15) is 6.61 Å². The molecule has 1 aliphatic rings. The molecule has 0 bridgehead atoms. The Kier molecular flexibility index (Phi) is 11.0. The maximum atomic E-state index is 12.0. The van der Waals surface area contributed by atoms with Gasteiger partial charge in [0.05, 0.1) is 6.10 Å². The number of carbonyl (C=O) groups excluding carboxylic acids is 1. The van der Waals surface area contributed by atoms with E-state index in [1.807, 2.05) is 6.08 Å². The van der Waals surface area contributed by atoms with E-state index in [0.717, 1.165) is 44.9 Å². The first-order chi connectivity index (χ1) is 11.5. The van der Waals surface area contributed by atoms with Gasteiger partial charge < -0.3 is 14.9 Å². The number of ketones is 1. The Balaban J connectivity index is 2.20. The Labute approximate surface area is 148 Å². The summed E-state index contributed by atoms with van der Waals surface area (Å²) in [5, 5.41) is 18.6. The second-order valence-corrected chi connectivity index (χ2v) is 7.47. The first-order valence-corrected chi connectivity index (χ1v) is 9.90. The van der Waals surface area contributed by atoms with Gasteiger partial charge >= 0.3 is 5.97 Å². The summed E-state index contributed by atoms with van der Waals surface area (Å²) in [6.45, 7) is 2.29. The van der Waals surface area contributed by atoms with Gasteiger partial charge in [-0.1, -0.05) is 38.7 Å². The highest BCUT2D eigenvalue weighted by atomic mass is 32.2. The maximum absolute atomic E-state index is 12.0. The fraction of sp³-hybridized carbons (Fsp3) is 0.778. The van der Waals surface area contributed by atoms with E-state index >= 15 is 0 Å². The summed E-state index contributed by atoms with van der Waals surface area (Å²) in [7, 11) is 0. The number of allylic oxidation sites excluding steroid dienone is 1. The van der Waals surface area contributed by atoms with Crippen LogP contribution in [0.2, 0.25) is 0 Å². The van der Waals surface area contributed by atoms with E-state index in [9.17, 15) is 14.7 Å². The van der Waals surface area contributed by atoms with Crippen molar-refractivity contribution in [3.05, 3.63) is 12.2 Å². The van der Waals surface area contributed by atoms with Crippen LogP contribution in [0.5, 0.6) is 0 Å². The molecule has 0 saturated heterocycles. The van der Waals surface area contributed by atoms with Crippen LogP contribution in [0.1, 0.15) is 51.9 Å². The minimum atomic E-state index is -0.959. The second kappa shape index (κ2) is 12.5. The second-order valence-electron chi connectivity index (χ2n) is 6.26. The molecule has 0 aromatic rings. The Morgan fingerprint density at radius 1 is 1.33 bits per heavy atom. The highest BCUT2D eigenvalue weighted by Gasteiger charge is 2.30. The zero-order valence-electron chi connectivity index (χ0n) is 14.5. The van der Waals surface area contributed by atoms with E-state index < -0.39 is 5.97 Å². The minimum Gasteiger partial charge on any atom is -0.480 e. The molecule has 5 nitrogen and oxygen atoms in total. The summed E-state index contributed by atoms with van der Waals surface area (Å²) in [6, 6.07) is 0. The zero-order chi connectivity index (χ0) is 17.8. The number of hydrogen-bond acceptors (Lipinski definition) is 5. The molecule has 0 aromatic heterocycles. The highest BCUT2D eigenvalue weighted by molar-refractivity contribution is 8.00. The lowest BCUT2D eigenvalue weighted by molar-refractivity contribution is -0.142. The molecule has 0 aliphatic heterocycles. The molecular weight excluding hydrogens is 328 g/mol. The smallest absolute Gasteiger partial charge is 0.329 e. The molecule has 1 rings (SSSR count). The number of carboxylic acids is 1. The predicted octanol–water partition coefficient (Wildman–Crippen LogP) is 3.06. The number of aliphatic hydroxyl groups excluding tert-OH is 1. The number of thioether (sulfide) groups is 1. The van der Waals surface area contributed by atoms with Crippen molar-refractivity contribution >= 4 is 23.5 Å². The van der Waals surface area contributed by atoms with Gasteiger partial charge in [-0.2, -0.15) is 11.8 Å². The van der Waals surface area contributed by atoms with Crippen LogP contribution in [0.25, 0.3) is 0 Å². The number of aliphatic hydroxyl groups is 1. The van der Waals surface area contributed by atoms with E-state index in [4.69, 9.17) is 9.84 Å². The molecule has 3 unspecified atom stereocenters. The molecule has 138 valence electrons. The van der Waals surface area contributed by atoms with Crippen LogP contribution < -0.4 is 0 Å². The molecule has 2 N–H and O–H groups in total. The first-order valence-electron chi connectivity index (χ1n) is 8.85.